The molecule has 5 rings (SSSR count). The van der Waals surface area contributed by atoms with Gasteiger partial charge in [-0.1, -0.05) is 24.3 Å². The summed E-state index contributed by atoms with van der Waals surface area (Å²) in [6, 6.07) is 17.7. The van der Waals surface area contributed by atoms with Gasteiger partial charge in [-0.25, -0.2) is 9.59 Å². The molecule has 4 aromatic rings. The summed E-state index contributed by atoms with van der Waals surface area (Å²) >= 11 is 0. The average Bonchev–Trinajstić information content (AvgIpc) is 3.15. The molecule has 1 aliphatic heterocycles. The summed E-state index contributed by atoms with van der Waals surface area (Å²) in [5.41, 5.74) is 2.09. The third kappa shape index (κ3) is 3.36. The first-order valence-corrected chi connectivity index (χ1v) is 10.6. The molecule has 1 aliphatic rings. The highest BCUT2D eigenvalue weighted by atomic mass is 16.7. The number of benzene rings is 3. The van der Waals surface area contributed by atoms with E-state index >= 15 is 0 Å². The van der Waals surface area contributed by atoms with E-state index in [1.54, 1.807) is 37.3 Å². The molecule has 0 saturated carbocycles. The third-order valence-corrected chi connectivity index (χ3v) is 5.98. The first-order chi connectivity index (χ1) is 16.4. The van der Waals surface area contributed by atoms with Gasteiger partial charge in [0.2, 0.25) is 11.2 Å². The molecule has 1 fully saturated rings. The number of carboxylic acid groups (broad SMARTS) is 1. The SMILES string of the molecule is Cc1c(C(=O)O)ccc2c[n+](-c3ccccc3)c3c(C(=O)ON4C(=O)CCC4=O)cccc3c12. The van der Waals surface area contributed by atoms with Crippen molar-refractivity contribution in [2.45, 2.75) is 19.8 Å². The Labute approximate surface area is 193 Å². The van der Waals surface area contributed by atoms with E-state index in [2.05, 4.69) is 0 Å². The molecular formula is C26H19N2O6+. The number of aryl methyl sites for hydroxylation is 1. The number of carbonyl (C=O) groups is 4. The minimum Gasteiger partial charge on any atom is -0.478 e. The molecule has 34 heavy (non-hydrogen) atoms. The lowest BCUT2D eigenvalue weighted by atomic mass is 9.96. The summed E-state index contributed by atoms with van der Waals surface area (Å²) in [5, 5.41) is 12.3. The van der Waals surface area contributed by atoms with Crippen molar-refractivity contribution in [2.24, 2.45) is 0 Å². The maximum Gasteiger partial charge on any atom is 0.370 e. The zero-order valence-corrected chi connectivity index (χ0v) is 18.1. The number of hydroxylamine groups is 2. The van der Waals surface area contributed by atoms with Gasteiger partial charge in [-0.3, -0.25) is 9.59 Å². The fourth-order valence-corrected chi connectivity index (χ4v) is 4.38. The van der Waals surface area contributed by atoms with Crippen LogP contribution in [0.15, 0.2) is 66.9 Å². The van der Waals surface area contributed by atoms with Crippen LogP contribution in [0.1, 0.15) is 39.1 Å². The fourth-order valence-electron chi connectivity index (χ4n) is 4.38. The number of carbonyl (C=O) groups excluding carboxylic acids is 3. The number of imide groups is 1. The highest BCUT2D eigenvalue weighted by Crippen LogP contribution is 2.31. The predicted octanol–water partition coefficient (Wildman–Crippen LogP) is 3.50. The number of rotatable bonds is 4. The summed E-state index contributed by atoms with van der Waals surface area (Å²) in [4.78, 5) is 54.2. The Balaban J connectivity index is 1.81. The summed E-state index contributed by atoms with van der Waals surface area (Å²) in [7, 11) is 0. The van der Waals surface area contributed by atoms with Crippen LogP contribution in [0.25, 0.3) is 27.4 Å². The number of nitrogens with zero attached hydrogens (tertiary/aromatic N) is 2. The Morgan fingerprint density at radius 1 is 0.912 bits per heavy atom. The Kier molecular flexibility index (Phi) is 5.05. The van der Waals surface area contributed by atoms with Gasteiger partial charge in [-0.15, -0.1) is 5.06 Å². The summed E-state index contributed by atoms with van der Waals surface area (Å²) in [6.07, 6.45) is 1.81. The Hall–Kier alpha value is -4.59. The number of hydrogen-bond acceptors (Lipinski definition) is 5. The molecule has 8 heteroatoms. The van der Waals surface area contributed by atoms with Crippen molar-refractivity contribution in [1.82, 2.24) is 5.06 Å². The van der Waals surface area contributed by atoms with Gasteiger partial charge < -0.3 is 9.94 Å². The molecule has 0 atom stereocenters. The monoisotopic (exact) mass is 455 g/mol. The van der Waals surface area contributed by atoms with Crippen LogP contribution >= 0.6 is 0 Å². The van der Waals surface area contributed by atoms with Gasteiger partial charge in [0.1, 0.15) is 5.56 Å². The molecule has 8 nitrogen and oxygen atoms in total. The Morgan fingerprint density at radius 2 is 1.62 bits per heavy atom. The van der Waals surface area contributed by atoms with Crippen LogP contribution in [0, 0.1) is 6.92 Å². The second kappa shape index (κ2) is 8.08. The lowest BCUT2D eigenvalue weighted by molar-refractivity contribution is -0.565. The Bertz CT molecular complexity index is 1510. The van der Waals surface area contributed by atoms with E-state index < -0.39 is 23.8 Å². The molecule has 1 aromatic heterocycles. The maximum atomic E-state index is 13.2. The topological polar surface area (TPSA) is 105 Å². The number of fused-ring (bicyclic) bond motifs is 3. The second-order valence-corrected chi connectivity index (χ2v) is 8.00. The van der Waals surface area contributed by atoms with Crippen molar-refractivity contribution in [3.05, 3.63) is 83.6 Å². The van der Waals surface area contributed by atoms with E-state index in [4.69, 9.17) is 4.84 Å². The Morgan fingerprint density at radius 3 is 2.29 bits per heavy atom. The first kappa shape index (κ1) is 21.3. The maximum absolute atomic E-state index is 13.2. The minimum absolute atomic E-state index is 0.00648. The molecule has 0 bridgehead atoms. The number of para-hydroxylation sites is 2. The summed E-state index contributed by atoms with van der Waals surface area (Å²) in [5.74, 6) is -3.04. The average molecular weight is 455 g/mol. The lowest BCUT2D eigenvalue weighted by Crippen LogP contribution is -2.35. The van der Waals surface area contributed by atoms with Gasteiger partial charge in [-0.2, -0.15) is 4.57 Å². The quantitative estimate of drug-likeness (QED) is 0.287. The van der Waals surface area contributed by atoms with Crippen molar-refractivity contribution in [2.75, 3.05) is 0 Å². The first-order valence-electron chi connectivity index (χ1n) is 10.6. The molecule has 1 saturated heterocycles. The number of aromatic carboxylic acids is 1. The zero-order valence-electron chi connectivity index (χ0n) is 18.1. The molecule has 2 amide bonds. The van der Waals surface area contributed by atoms with Crippen molar-refractivity contribution in [3.8, 4) is 5.69 Å². The third-order valence-electron chi connectivity index (χ3n) is 5.98. The van der Waals surface area contributed by atoms with Gasteiger partial charge in [0.05, 0.1) is 10.9 Å². The van der Waals surface area contributed by atoms with Crippen molar-refractivity contribution in [1.29, 1.82) is 0 Å². The van der Waals surface area contributed by atoms with E-state index in [1.807, 2.05) is 41.1 Å². The van der Waals surface area contributed by atoms with Gasteiger partial charge in [0, 0.05) is 35.7 Å². The van der Waals surface area contributed by atoms with Crippen LogP contribution < -0.4 is 4.57 Å². The van der Waals surface area contributed by atoms with Crippen molar-refractivity contribution in [3.63, 3.8) is 0 Å². The van der Waals surface area contributed by atoms with Crippen LogP contribution in [0.4, 0.5) is 0 Å². The summed E-state index contributed by atoms with van der Waals surface area (Å²) < 4.78 is 1.82. The number of pyridine rings is 1. The largest absolute Gasteiger partial charge is 0.478 e. The smallest absolute Gasteiger partial charge is 0.370 e. The molecule has 0 spiro atoms. The van der Waals surface area contributed by atoms with Gasteiger partial charge in [0.15, 0.2) is 6.20 Å². The number of hydrogen-bond donors (Lipinski definition) is 1. The predicted molar refractivity (Wildman–Crippen MR) is 121 cm³/mol. The lowest BCUT2D eigenvalue weighted by Gasteiger charge is -2.14. The van der Waals surface area contributed by atoms with Crippen LogP contribution in [-0.4, -0.2) is 33.9 Å². The molecule has 3 aromatic carbocycles. The number of aromatic nitrogens is 1. The van der Waals surface area contributed by atoms with E-state index in [9.17, 15) is 24.3 Å². The number of carboxylic acids is 1. The molecule has 168 valence electrons. The molecular weight excluding hydrogens is 436 g/mol. The standard InChI is InChI=1S/C26H18N2O6/c1-15-18(25(31)32)11-10-16-14-27(17-6-3-2-4-7-17)24-19(23(15)16)8-5-9-20(24)26(33)34-28-21(29)12-13-22(28)30/h2-11,14H,12-13H2,1H3/p+1. The van der Waals surface area contributed by atoms with E-state index in [-0.39, 0.29) is 24.0 Å². The normalized spacial score (nSPS) is 13.6. The van der Waals surface area contributed by atoms with Crippen LogP contribution in [0.2, 0.25) is 0 Å². The molecule has 0 aliphatic carbocycles. The molecule has 2 heterocycles. The van der Waals surface area contributed by atoms with E-state index in [1.165, 1.54) is 0 Å². The van der Waals surface area contributed by atoms with Gasteiger partial charge >= 0.3 is 11.9 Å². The fraction of sp³-hybridized carbons (Fsp3) is 0.115. The van der Waals surface area contributed by atoms with E-state index in [0.717, 1.165) is 11.1 Å². The van der Waals surface area contributed by atoms with Crippen molar-refractivity contribution < 1.29 is 33.7 Å². The number of amides is 2. The van der Waals surface area contributed by atoms with Gasteiger partial charge in [-0.05, 0) is 36.8 Å². The van der Waals surface area contributed by atoms with Crippen LogP contribution in [0.5, 0.6) is 0 Å². The van der Waals surface area contributed by atoms with Gasteiger partial charge in [0.25, 0.3) is 11.8 Å². The van der Waals surface area contributed by atoms with E-state index in [0.29, 0.717) is 26.9 Å². The second-order valence-electron chi connectivity index (χ2n) is 8.00. The molecule has 0 unspecified atom stereocenters. The van der Waals surface area contributed by atoms with Crippen molar-refractivity contribution >= 4 is 45.4 Å². The zero-order chi connectivity index (χ0) is 24.0. The van der Waals surface area contributed by atoms with Crippen LogP contribution in [-0.2, 0) is 14.4 Å². The van der Waals surface area contributed by atoms with Crippen LogP contribution in [0.3, 0.4) is 0 Å². The highest BCUT2D eigenvalue weighted by Gasteiger charge is 2.35. The minimum atomic E-state index is -1.05. The summed E-state index contributed by atoms with van der Waals surface area (Å²) in [6.45, 7) is 1.73. The molecule has 0 radical (unpaired) electrons. The highest BCUT2D eigenvalue weighted by molar-refractivity contribution is 6.14. The molecule has 1 N–H and O–H groups in total.